The van der Waals surface area contributed by atoms with Crippen molar-refractivity contribution in [2.75, 3.05) is 6.54 Å². The fraction of sp³-hybridized carbons (Fsp3) is 0.364. The molecule has 0 saturated carbocycles. The molecule has 0 radical (unpaired) electrons. The van der Waals surface area contributed by atoms with Crippen LogP contribution in [-0.4, -0.2) is 12.5 Å². The molecule has 2 heteroatoms. The van der Waals surface area contributed by atoms with Gasteiger partial charge in [0.15, 0.2) is 0 Å². The molecule has 1 N–H and O–H groups in total. The Morgan fingerprint density at radius 2 is 2.00 bits per heavy atom. The first-order chi connectivity index (χ1) is 6.29. The van der Waals surface area contributed by atoms with Gasteiger partial charge < -0.3 is 5.32 Å². The van der Waals surface area contributed by atoms with E-state index < -0.39 is 0 Å². The minimum Gasteiger partial charge on any atom is -0.355 e. The highest BCUT2D eigenvalue weighted by Crippen LogP contribution is 2.27. The number of amides is 1. The minimum absolute atomic E-state index is 0.113. The van der Waals surface area contributed by atoms with E-state index in [9.17, 15) is 4.79 Å². The molecule has 0 spiro atoms. The van der Waals surface area contributed by atoms with Crippen LogP contribution < -0.4 is 5.32 Å². The Bertz CT molecular complexity index is 307. The molecule has 1 saturated heterocycles. The molecule has 1 aliphatic heterocycles. The molecule has 0 unspecified atom stereocenters. The molecule has 68 valence electrons. The third-order valence-electron chi connectivity index (χ3n) is 2.74. The van der Waals surface area contributed by atoms with Crippen molar-refractivity contribution in [2.45, 2.75) is 12.8 Å². The largest absolute Gasteiger partial charge is 0.355 e. The van der Waals surface area contributed by atoms with Crippen LogP contribution >= 0.6 is 0 Å². The zero-order chi connectivity index (χ0) is 9.26. The summed E-state index contributed by atoms with van der Waals surface area (Å²) >= 11 is 0. The van der Waals surface area contributed by atoms with Crippen molar-refractivity contribution in [1.82, 2.24) is 5.32 Å². The summed E-state index contributed by atoms with van der Waals surface area (Å²) in [7, 11) is 0. The van der Waals surface area contributed by atoms with Crippen LogP contribution in [0.1, 0.15) is 18.4 Å². The number of rotatable bonds is 1. The van der Waals surface area contributed by atoms with Gasteiger partial charge in [0.05, 0.1) is 0 Å². The summed E-state index contributed by atoms with van der Waals surface area (Å²) in [6.45, 7) is 2.77. The van der Waals surface area contributed by atoms with Crippen molar-refractivity contribution in [3.05, 3.63) is 35.9 Å². The molecule has 1 heterocycles. The van der Waals surface area contributed by atoms with Crippen LogP contribution in [-0.2, 0) is 4.79 Å². The van der Waals surface area contributed by atoms with Crippen LogP contribution in [0.15, 0.2) is 30.3 Å². The Morgan fingerprint density at radius 1 is 1.31 bits per heavy atom. The topological polar surface area (TPSA) is 29.1 Å². The Labute approximate surface area is 78.0 Å². The molecular formula is C11H13NO. The quantitative estimate of drug-likeness (QED) is 0.689. The number of benzene rings is 1. The third kappa shape index (κ3) is 1.44. The highest BCUT2D eigenvalue weighted by Gasteiger charge is 2.31. The Kier molecular flexibility index (Phi) is 2.05. The number of nitrogens with one attached hydrogen (secondary N) is 1. The molecule has 2 nitrogen and oxygen atoms in total. The number of carbonyl (C=O) groups excluding carboxylic acids is 1. The molecule has 2 atom stereocenters. The average molecular weight is 175 g/mol. The van der Waals surface area contributed by atoms with Crippen LogP contribution in [0.3, 0.4) is 0 Å². The highest BCUT2D eigenvalue weighted by molar-refractivity contribution is 5.81. The van der Waals surface area contributed by atoms with Gasteiger partial charge in [-0.2, -0.15) is 0 Å². The van der Waals surface area contributed by atoms with Crippen molar-refractivity contribution in [1.29, 1.82) is 0 Å². The predicted molar refractivity (Wildman–Crippen MR) is 51.4 cm³/mol. The molecule has 1 fully saturated rings. The molecule has 2 rings (SSSR count). The zero-order valence-corrected chi connectivity index (χ0v) is 7.66. The van der Waals surface area contributed by atoms with Gasteiger partial charge in [0.25, 0.3) is 0 Å². The monoisotopic (exact) mass is 175 g/mol. The Hall–Kier alpha value is -1.31. The van der Waals surface area contributed by atoms with E-state index in [0.29, 0.717) is 5.92 Å². The van der Waals surface area contributed by atoms with Gasteiger partial charge in [-0.1, -0.05) is 37.3 Å². The van der Waals surface area contributed by atoms with Crippen molar-refractivity contribution >= 4 is 5.91 Å². The molecular weight excluding hydrogens is 162 g/mol. The zero-order valence-electron chi connectivity index (χ0n) is 7.66. The summed E-state index contributed by atoms with van der Waals surface area (Å²) < 4.78 is 0. The summed E-state index contributed by atoms with van der Waals surface area (Å²) in [5, 5.41) is 2.88. The molecule has 1 aliphatic rings. The third-order valence-corrected chi connectivity index (χ3v) is 2.74. The van der Waals surface area contributed by atoms with Crippen molar-refractivity contribution in [3.8, 4) is 0 Å². The normalized spacial score (nSPS) is 27.3. The van der Waals surface area contributed by atoms with Gasteiger partial charge in [0.1, 0.15) is 0 Å². The molecule has 1 aromatic rings. The lowest BCUT2D eigenvalue weighted by Gasteiger charge is -2.11. The van der Waals surface area contributed by atoms with Gasteiger partial charge >= 0.3 is 0 Å². The molecule has 1 aromatic carbocycles. The van der Waals surface area contributed by atoms with E-state index in [2.05, 4.69) is 17.4 Å². The van der Waals surface area contributed by atoms with E-state index >= 15 is 0 Å². The molecule has 0 bridgehead atoms. The van der Waals surface area contributed by atoms with Gasteiger partial charge in [-0.05, 0) is 5.56 Å². The summed E-state index contributed by atoms with van der Waals surface area (Å²) in [5.41, 5.74) is 1.26. The van der Waals surface area contributed by atoms with Crippen LogP contribution in [0.4, 0.5) is 0 Å². The minimum atomic E-state index is 0.113. The van der Waals surface area contributed by atoms with Crippen molar-refractivity contribution in [2.24, 2.45) is 5.92 Å². The van der Waals surface area contributed by atoms with Gasteiger partial charge in [-0.25, -0.2) is 0 Å². The summed E-state index contributed by atoms with van der Waals surface area (Å²) in [4.78, 5) is 11.2. The number of carbonyl (C=O) groups is 1. The van der Waals surface area contributed by atoms with E-state index in [4.69, 9.17) is 0 Å². The highest BCUT2D eigenvalue weighted by atomic mass is 16.2. The predicted octanol–water partition coefficient (Wildman–Crippen LogP) is 1.54. The summed E-state index contributed by atoms with van der Waals surface area (Å²) in [6, 6.07) is 10.2. The maximum Gasteiger partial charge on any atom is 0.223 e. The Morgan fingerprint density at radius 3 is 2.54 bits per heavy atom. The lowest BCUT2D eigenvalue weighted by Crippen LogP contribution is -2.16. The lowest BCUT2D eigenvalue weighted by atomic mass is 9.90. The number of hydrogen-bond acceptors (Lipinski definition) is 1. The molecule has 0 aliphatic carbocycles. The second-order valence-corrected chi connectivity index (χ2v) is 3.55. The molecule has 0 aromatic heterocycles. The van der Waals surface area contributed by atoms with E-state index in [1.807, 2.05) is 25.1 Å². The van der Waals surface area contributed by atoms with E-state index in [-0.39, 0.29) is 11.8 Å². The van der Waals surface area contributed by atoms with Crippen LogP contribution in [0.25, 0.3) is 0 Å². The standard InChI is InChI=1S/C11H13NO/c1-8-10(7-12-11(8)13)9-5-3-2-4-6-9/h2-6,8,10H,7H2,1H3,(H,12,13)/t8-,10-/m1/s1. The Balaban J connectivity index is 2.24. The van der Waals surface area contributed by atoms with Crippen molar-refractivity contribution < 1.29 is 4.79 Å². The first-order valence-corrected chi connectivity index (χ1v) is 4.61. The van der Waals surface area contributed by atoms with Crippen molar-refractivity contribution in [3.63, 3.8) is 0 Å². The SMILES string of the molecule is C[C@H]1C(=O)NC[C@H]1c1ccccc1. The van der Waals surface area contributed by atoms with Gasteiger partial charge in [0, 0.05) is 18.4 Å². The first kappa shape index (κ1) is 8.30. The smallest absolute Gasteiger partial charge is 0.223 e. The second-order valence-electron chi connectivity index (χ2n) is 3.55. The number of hydrogen-bond donors (Lipinski definition) is 1. The lowest BCUT2D eigenvalue weighted by molar-refractivity contribution is -0.122. The maximum atomic E-state index is 11.2. The summed E-state index contributed by atoms with van der Waals surface area (Å²) in [5.74, 6) is 0.643. The van der Waals surface area contributed by atoms with Crippen LogP contribution in [0, 0.1) is 5.92 Å². The fourth-order valence-corrected chi connectivity index (χ4v) is 1.84. The van der Waals surface area contributed by atoms with Gasteiger partial charge in [-0.3, -0.25) is 4.79 Å². The van der Waals surface area contributed by atoms with Crippen LogP contribution in [0.2, 0.25) is 0 Å². The molecule has 1 amide bonds. The molecule has 13 heavy (non-hydrogen) atoms. The van der Waals surface area contributed by atoms with E-state index in [1.165, 1.54) is 5.56 Å². The average Bonchev–Trinajstić information content (AvgIpc) is 2.49. The second kappa shape index (κ2) is 3.21. The van der Waals surface area contributed by atoms with Gasteiger partial charge in [-0.15, -0.1) is 0 Å². The maximum absolute atomic E-state index is 11.2. The van der Waals surface area contributed by atoms with Crippen LogP contribution in [0.5, 0.6) is 0 Å². The fourth-order valence-electron chi connectivity index (χ4n) is 1.84. The first-order valence-electron chi connectivity index (χ1n) is 4.61. The van der Waals surface area contributed by atoms with E-state index in [1.54, 1.807) is 0 Å². The van der Waals surface area contributed by atoms with E-state index in [0.717, 1.165) is 6.54 Å². The summed E-state index contributed by atoms with van der Waals surface area (Å²) in [6.07, 6.45) is 0. The van der Waals surface area contributed by atoms with Gasteiger partial charge in [0.2, 0.25) is 5.91 Å².